The Morgan fingerprint density at radius 1 is 1.29 bits per heavy atom. The summed E-state index contributed by atoms with van der Waals surface area (Å²) < 4.78 is 0. The van der Waals surface area contributed by atoms with Crippen LogP contribution >= 0.6 is 0 Å². The van der Waals surface area contributed by atoms with E-state index in [0.29, 0.717) is 25.1 Å². The van der Waals surface area contributed by atoms with E-state index in [1.165, 1.54) is 0 Å². The van der Waals surface area contributed by atoms with Crippen molar-refractivity contribution in [1.29, 1.82) is 5.26 Å². The average Bonchev–Trinajstić information content (AvgIpc) is 2.37. The number of nitriles is 1. The van der Waals surface area contributed by atoms with Crippen molar-refractivity contribution in [1.82, 2.24) is 4.90 Å². The van der Waals surface area contributed by atoms with E-state index in [1.54, 1.807) is 17.0 Å². The van der Waals surface area contributed by atoms with Gasteiger partial charge in [0.05, 0.1) is 19.2 Å². The average molecular weight is 226 g/mol. The number of benzene rings is 1. The highest BCUT2D eigenvalue weighted by molar-refractivity contribution is 5.96. The highest BCUT2D eigenvalue weighted by Gasteiger charge is 2.08. The molecule has 0 atom stereocenters. The Labute approximate surface area is 102 Å². The quantitative estimate of drug-likeness (QED) is 0.421. The van der Waals surface area contributed by atoms with Crippen LogP contribution in [-0.2, 0) is 0 Å². The summed E-state index contributed by atoms with van der Waals surface area (Å²) >= 11 is 0. The molecule has 0 fully saturated rings. The number of nitrogens with zero attached hydrogens (tertiary/aromatic N) is 2. The lowest BCUT2D eigenvalue weighted by Gasteiger charge is -2.14. The van der Waals surface area contributed by atoms with Crippen LogP contribution in [0.1, 0.15) is 16.8 Å². The molecule has 0 amide bonds. The summed E-state index contributed by atoms with van der Waals surface area (Å²) in [6, 6.07) is 11.2. The molecule has 3 nitrogen and oxygen atoms in total. The van der Waals surface area contributed by atoms with Crippen molar-refractivity contribution >= 4 is 5.78 Å². The molecular weight excluding hydrogens is 212 g/mol. The van der Waals surface area contributed by atoms with E-state index in [4.69, 9.17) is 11.7 Å². The number of carbonyl (C=O) groups is 1. The Bertz CT molecular complexity index is 424. The van der Waals surface area contributed by atoms with Crippen molar-refractivity contribution in [3.05, 3.63) is 35.9 Å². The molecular formula is C14H14N2O. The largest absolute Gasteiger partial charge is 0.294 e. The van der Waals surface area contributed by atoms with Gasteiger partial charge in [-0.25, -0.2) is 0 Å². The first-order chi connectivity index (χ1) is 8.27. The summed E-state index contributed by atoms with van der Waals surface area (Å²) in [5.41, 5.74) is 0.699. The number of hydrogen-bond donors (Lipinski definition) is 0. The van der Waals surface area contributed by atoms with E-state index >= 15 is 0 Å². The number of terminal acetylenes is 1. The van der Waals surface area contributed by atoms with E-state index in [9.17, 15) is 4.79 Å². The maximum absolute atomic E-state index is 11.8. The Balaban J connectivity index is 2.48. The van der Waals surface area contributed by atoms with Gasteiger partial charge in [-0.2, -0.15) is 5.26 Å². The minimum atomic E-state index is 0.0746. The summed E-state index contributed by atoms with van der Waals surface area (Å²) in [5.74, 6) is 2.55. The molecule has 86 valence electrons. The second-order valence-corrected chi connectivity index (χ2v) is 3.61. The first kappa shape index (κ1) is 13.0. The molecule has 1 rings (SSSR count). The van der Waals surface area contributed by atoms with Crippen LogP contribution < -0.4 is 0 Å². The fourth-order valence-corrected chi connectivity index (χ4v) is 1.47. The van der Waals surface area contributed by atoms with Gasteiger partial charge < -0.3 is 0 Å². The monoisotopic (exact) mass is 226 g/mol. The van der Waals surface area contributed by atoms with Crippen molar-refractivity contribution in [2.24, 2.45) is 0 Å². The molecule has 0 saturated heterocycles. The van der Waals surface area contributed by atoms with Gasteiger partial charge in [0.25, 0.3) is 0 Å². The van der Waals surface area contributed by atoms with E-state index in [2.05, 4.69) is 5.92 Å². The van der Waals surface area contributed by atoms with Gasteiger partial charge in [-0.15, -0.1) is 6.42 Å². The van der Waals surface area contributed by atoms with Crippen molar-refractivity contribution in [3.63, 3.8) is 0 Å². The van der Waals surface area contributed by atoms with Crippen LogP contribution in [-0.4, -0.2) is 30.3 Å². The number of carbonyl (C=O) groups excluding carboxylic acids is 1. The predicted octanol–water partition coefficient (Wildman–Crippen LogP) is 1.72. The molecule has 1 aromatic carbocycles. The van der Waals surface area contributed by atoms with Gasteiger partial charge in [-0.3, -0.25) is 9.69 Å². The molecule has 0 aromatic heterocycles. The first-order valence-corrected chi connectivity index (χ1v) is 5.39. The molecule has 0 unspecified atom stereocenters. The van der Waals surface area contributed by atoms with Gasteiger partial charge in [0.2, 0.25) is 0 Å². The second kappa shape index (κ2) is 7.22. The van der Waals surface area contributed by atoms with Crippen LogP contribution in [0.15, 0.2) is 30.3 Å². The van der Waals surface area contributed by atoms with Gasteiger partial charge in [0, 0.05) is 18.5 Å². The highest BCUT2D eigenvalue weighted by atomic mass is 16.1. The zero-order valence-electron chi connectivity index (χ0n) is 9.60. The topological polar surface area (TPSA) is 44.1 Å². The fourth-order valence-electron chi connectivity index (χ4n) is 1.47. The standard InChI is InChI=1S/C14H14N2O/c1-2-10-16(12-9-15)11-8-14(17)13-6-4-3-5-7-13/h1,3-7H,8,10-12H2. The van der Waals surface area contributed by atoms with Crippen LogP contribution in [0.3, 0.4) is 0 Å². The number of rotatable bonds is 6. The van der Waals surface area contributed by atoms with E-state index in [1.807, 2.05) is 24.3 Å². The minimum absolute atomic E-state index is 0.0746. The van der Waals surface area contributed by atoms with Gasteiger partial charge in [-0.05, 0) is 0 Å². The molecule has 0 saturated carbocycles. The normalized spacial score (nSPS) is 9.59. The zero-order valence-corrected chi connectivity index (χ0v) is 9.60. The lowest BCUT2D eigenvalue weighted by atomic mass is 10.1. The molecule has 0 N–H and O–H groups in total. The number of hydrogen-bond acceptors (Lipinski definition) is 3. The van der Waals surface area contributed by atoms with Crippen molar-refractivity contribution in [2.45, 2.75) is 6.42 Å². The summed E-state index contributed by atoms with van der Waals surface area (Å²) in [5, 5.41) is 8.60. The molecule has 0 bridgehead atoms. The summed E-state index contributed by atoms with van der Waals surface area (Å²) in [7, 11) is 0. The van der Waals surface area contributed by atoms with Gasteiger partial charge in [0.15, 0.2) is 5.78 Å². The van der Waals surface area contributed by atoms with Crippen LogP contribution in [0.4, 0.5) is 0 Å². The molecule has 0 heterocycles. The fraction of sp³-hybridized carbons (Fsp3) is 0.286. The predicted molar refractivity (Wildman–Crippen MR) is 66.3 cm³/mol. The first-order valence-electron chi connectivity index (χ1n) is 5.39. The third-order valence-electron chi connectivity index (χ3n) is 2.36. The Morgan fingerprint density at radius 2 is 2.00 bits per heavy atom. The van der Waals surface area contributed by atoms with E-state index in [-0.39, 0.29) is 12.3 Å². The molecule has 17 heavy (non-hydrogen) atoms. The summed E-state index contributed by atoms with van der Waals surface area (Å²) in [4.78, 5) is 13.6. The molecule has 0 aliphatic heterocycles. The zero-order chi connectivity index (χ0) is 12.5. The summed E-state index contributed by atoms with van der Waals surface area (Å²) in [6.07, 6.45) is 5.57. The Hall–Kier alpha value is -2.10. The minimum Gasteiger partial charge on any atom is -0.294 e. The van der Waals surface area contributed by atoms with Gasteiger partial charge in [0.1, 0.15) is 0 Å². The maximum Gasteiger partial charge on any atom is 0.164 e. The SMILES string of the molecule is C#CCN(CC#N)CCC(=O)c1ccccc1. The Morgan fingerprint density at radius 3 is 2.59 bits per heavy atom. The van der Waals surface area contributed by atoms with Gasteiger partial charge >= 0.3 is 0 Å². The molecule has 0 spiro atoms. The number of ketones is 1. The van der Waals surface area contributed by atoms with E-state index < -0.39 is 0 Å². The Kier molecular flexibility index (Phi) is 5.51. The molecule has 0 aliphatic carbocycles. The second-order valence-electron chi connectivity index (χ2n) is 3.61. The molecule has 1 aromatic rings. The number of Topliss-reactive ketones (excluding diaryl/α,β-unsaturated/α-hetero) is 1. The summed E-state index contributed by atoms with van der Waals surface area (Å²) in [6.45, 7) is 1.17. The lowest BCUT2D eigenvalue weighted by molar-refractivity contribution is 0.0969. The van der Waals surface area contributed by atoms with Crippen LogP contribution in [0, 0.1) is 23.7 Å². The highest BCUT2D eigenvalue weighted by Crippen LogP contribution is 2.03. The lowest BCUT2D eigenvalue weighted by Crippen LogP contribution is -2.27. The molecule has 0 radical (unpaired) electrons. The maximum atomic E-state index is 11.8. The van der Waals surface area contributed by atoms with Crippen molar-refractivity contribution in [3.8, 4) is 18.4 Å². The molecule has 3 heteroatoms. The smallest absolute Gasteiger partial charge is 0.164 e. The third kappa shape index (κ3) is 4.51. The van der Waals surface area contributed by atoms with Crippen molar-refractivity contribution in [2.75, 3.05) is 19.6 Å². The van der Waals surface area contributed by atoms with Gasteiger partial charge in [-0.1, -0.05) is 36.3 Å². The van der Waals surface area contributed by atoms with Crippen LogP contribution in [0.5, 0.6) is 0 Å². The van der Waals surface area contributed by atoms with Crippen LogP contribution in [0.2, 0.25) is 0 Å². The van der Waals surface area contributed by atoms with E-state index in [0.717, 1.165) is 0 Å². The third-order valence-corrected chi connectivity index (χ3v) is 2.36. The van der Waals surface area contributed by atoms with Crippen molar-refractivity contribution < 1.29 is 4.79 Å². The van der Waals surface area contributed by atoms with Crippen LogP contribution in [0.25, 0.3) is 0 Å². The molecule has 0 aliphatic rings.